The zero-order valence-electron chi connectivity index (χ0n) is 21.2. The maximum Gasteiger partial charge on any atom is 0.303 e. The molecule has 0 saturated heterocycles. The van der Waals surface area contributed by atoms with E-state index in [4.69, 9.17) is 14.6 Å². The van der Waals surface area contributed by atoms with Crippen LogP contribution in [0.5, 0.6) is 0 Å². The molecule has 6 nitrogen and oxygen atoms in total. The first-order valence-corrected chi connectivity index (χ1v) is 12.9. The van der Waals surface area contributed by atoms with Crippen molar-refractivity contribution in [1.82, 2.24) is 0 Å². The maximum absolute atomic E-state index is 11.7. The van der Waals surface area contributed by atoms with Crippen molar-refractivity contribution in [2.24, 2.45) is 11.8 Å². The molecule has 0 aromatic heterocycles. The van der Waals surface area contributed by atoms with E-state index in [1.165, 1.54) is 39.5 Å². The molecule has 0 bridgehead atoms. The van der Waals surface area contributed by atoms with E-state index in [1.807, 2.05) is 18.2 Å². The van der Waals surface area contributed by atoms with Crippen LogP contribution in [0.15, 0.2) is 36.5 Å². The molecule has 6 heteroatoms. The molecule has 0 radical (unpaired) electrons. The molecule has 0 amide bonds. The molecule has 4 unspecified atom stereocenters. The summed E-state index contributed by atoms with van der Waals surface area (Å²) >= 11 is 0. The van der Waals surface area contributed by atoms with Crippen LogP contribution in [0, 0.1) is 11.8 Å². The predicted octanol–water partition coefficient (Wildman–Crippen LogP) is 6.55. The fourth-order valence-corrected chi connectivity index (χ4v) is 4.46. The topological polar surface area (TPSA) is 89.9 Å². The van der Waals surface area contributed by atoms with Crippen molar-refractivity contribution in [3.8, 4) is 0 Å². The standard InChI is InChI=1S/C28H44O6/c1-4-5-6-7-8-9-17-25(33-22(2)29)18-12-10-15-24-16-11-13-19-26(24)27(34-23(3)30)20-14-21-28(31)32/h10-13,15,18,24-27H,4-9,14,16-17,19-21H2,1-3H3,(H,31,32). The lowest BCUT2D eigenvalue weighted by atomic mass is 9.78. The van der Waals surface area contributed by atoms with Crippen LogP contribution in [0.4, 0.5) is 0 Å². The summed E-state index contributed by atoms with van der Waals surface area (Å²) in [7, 11) is 0. The van der Waals surface area contributed by atoms with Gasteiger partial charge in [0.25, 0.3) is 0 Å². The molecule has 1 aliphatic carbocycles. The number of esters is 2. The molecule has 0 aromatic carbocycles. The summed E-state index contributed by atoms with van der Waals surface area (Å²) in [6.07, 6.45) is 22.4. The van der Waals surface area contributed by atoms with Crippen molar-refractivity contribution >= 4 is 17.9 Å². The van der Waals surface area contributed by atoms with E-state index in [1.54, 1.807) is 0 Å². The number of rotatable bonds is 17. The Hall–Kier alpha value is -2.37. The second-order valence-electron chi connectivity index (χ2n) is 9.18. The quantitative estimate of drug-likeness (QED) is 0.111. The Balaban J connectivity index is 2.70. The lowest BCUT2D eigenvalue weighted by Gasteiger charge is -2.33. The van der Waals surface area contributed by atoms with Crippen molar-refractivity contribution in [2.75, 3.05) is 0 Å². The van der Waals surface area contributed by atoms with Gasteiger partial charge in [-0.2, -0.15) is 0 Å². The SMILES string of the molecule is CCCCCCCCC(C=CC=CC1CC=CCC1C(CCCC(=O)O)OC(C)=O)OC(C)=O. The van der Waals surface area contributed by atoms with Gasteiger partial charge in [-0.3, -0.25) is 14.4 Å². The van der Waals surface area contributed by atoms with Gasteiger partial charge in [0.2, 0.25) is 0 Å². The van der Waals surface area contributed by atoms with Gasteiger partial charge < -0.3 is 14.6 Å². The molecular formula is C28H44O6. The molecule has 4 atom stereocenters. The number of carboxylic acids is 1. The van der Waals surface area contributed by atoms with Crippen LogP contribution in [-0.4, -0.2) is 35.2 Å². The van der Waals surface area contributed by atoms with E-state index in [2.05, 4.69) is 25.2 Å². The number of unbranched alkanes of at least 4 members (excludes halogenated alkanes) is 5. The zero-order chi connectivity index (χ0) is 25.2. The monoisotopic (exact) mass is 476 g/mol. The number of carbonyl (C=O) groups excluding carboxylic acids is 2. The van der Waals surface area contributed by atoms with Crippen LogP contribution in [-0.2, 0) is 23.9 Å². The van der Waals surface area contributed by atoms with Gasteiger partial charge >= 0.3 is 17.9 Å². The van der Waals surface area contributed by atoms with Crippen molar-refractivity contribution in [1.29, 1.82) is 0 Å². The summed E-state index contributed by atoms with van der Waals surface area (Å²) in [6.45, 7) is 5.04. The molecule has 0 saturated carbocycles. The number of allylic oxidation sites excluding steroid dienone is 5. The minimum atomic E-state index is -0.838. The third-order valence-electron chi connectivity index (χ3n) is 6.16. The van der Waals surface area contributed by atoms with Crippen molar-refractivity contribution in [3.63, 3.8) is 0 Å². The van der Waals surface area contributed by atoms with E-state index in [-0.39, 0.29) is 42.4 Å². The van der Waals surface area contributed by atoms with Gasteiger partial charge in [0.15, 0.2) is 0 Å². The molecule has 0 fully saturated rings. The predicted molar refractivity (Wildman–Crippen MR) is 134 cm³/mol. The molecule has 0 heterocycles. The van der Waals surface area contributed by atoms with Gasteiger partial charge in [-0.05, 0) is 50.5 Å². The van der Waals surface area contributed by atoms with Crippen molar-refractivity contribution < 1.29 is 29.0 Å². The summed E-state index contributed by atoms with van der Waals surface area (Å²) in [6, 6.07) is 0. The molecule has 34 heavy (non-hydrogen) atoms. The largest absolute Gasteiger partial charge is 0.481 e. The number of carbonyl (C=O) groups is 3. The highest BCUT2D eigenvalue weighted by Gasteiger charge is 2.30. The second kappa shape index (κ2) is 18.0. The Morgan fingerprint density at radius 1 is 0.912 bits per heavy atom. The van der Waals surface area contributed by atoms with Crippen LogP contribution < -0.4 is 0 Å². The van der Waals surface area contributed by atoms with E-state index in [0.29, 0.717) is 12.8 Å². The highest BCUT2D eigenvalue weighted by molar-refractivity contribution is 5.67. The molecule has 192 valence electrons. The Bertz CT molecular complexity index is 693. The van der Waals surface area contributed by atoms with E-state index < -0.39 is 5.97 Å². The fraction of sp³-hybridized carbons (Fsp3) is 0.679. The first-order valence-electron chi connectivity index (χ1n) is 12.9. The average molecular weight is 477 g/mol. The van der Waals surface area contributed by atoms with Crippen molar-refractivity contribution in [2.45, 2.75) is 110 Å². The van der Waals surface area contributed by atoms with Gasteiger partial charge in [-0.25, -0.2) is 0 Å². The summed E-state index contributed by atoms with van der Waals surface area (Å²) in [5.41, 5.74) is 0. The Morgan fingerprint density at radius 3 is 2.26 bits per heavy atom. The lowest BCUT2D eigenvalue weighted by molar-refractivity contribution is -0.150. The Morgan fingerprint density at radius 2 is 1.59 bits per heavy atom. The summed E-state index contributed by atoms with van der Waals surface area (Å²) in [5.74, 6) is -1.15. The van der Waals surface area contributed by atoms with Gasteiger partial charge in [-0.1, -0.05) is 69.4 Å². The van der Waals surface area contributed by atoms with Gasteiger partial charge in [0.05, 0.1) is 0 Å². The van der Waals surface area contributed by atoms with Crippen LogP contribution in [0.1, 0.15) is 97.8 Å². The molecular weight excluding hydrogens is 432 g/mol. The van der Waals surface area contributed by atoms with Crippen LogP contribution in [0.2, 0.25) is 0 Å². The summed E-state index contributed by atoms with van der Waals surface area (Å²) in [4.78, 5) is 34.0. The summed E-state index contributed by atoms with van der Waals surface area (Å²) in [5, 5.41) is 8.95. The van der Waals surface area contributed by atoms with Crippen molar-refractivity contribution in [3.05, 3.63) is 36.5 Å². The Kier molecular flexibility index (Phi) is 15.7. The molecule has 1 aliphatic rings. The zero-order valence-corrected chi connectivity index (χ0v) is 21.2. The van der Waals surface area contributed by atoms with E-state index >= 15 is 0 Å². The minimum absolute atomic E-state index is 0.0692. The molecule has 0 spiro atoms. The maximum atomic E-state index is 11.7. The molecule has 1 N–H and O–H groups in total. The average Bonchev–Trinajstić information content (AvgIpc) is 2.77. The lowest BCUT2D eigenvalue weighted by Crippen LogP contribution is -2.32. The number of aliphatic carboxylic acids is 1. The third-order valence-corrected chi connectivity index (χ3v) is 6.16. The first kappa shape index (κ1) is 29.7. The number of hydrogen-bond acceptors (Lipinski definition) is 5. The van der Waals surface area contributed by atoms with Gasteiger partial charge in [-0.15, -0.1) is 0 Å². The minimum Gasteiger partial charge on any atom is -0.481 e. The third kappa shape index (κ3) is 14.0. The van der Waals surface area contributed by atoms with Gasteiger partial charge in [0, 0.05) is 26.2 Å². The fourth-order valence-electron chi connectivity index (χ4n) is 4.46. The highest BCUT2D eigenvalue weighted by atomic mass is 16.5. The van der Waals surface area contributed by atoms with Crippen LogP contribution >= 0.6 is 0 Å². The Labute approximate surface area is 205 Å². The smallest absolute Gasteiger partial charge is 0.303 e. The second-order valence-corrected chi connectivity index (χ2v) is 9.18. The molecule has 0 aliphatic heterocycles. The highest BCUT2D eigenvalue weighted by Crippen LogP contribution is 2.33. The van der Waals surface area contributed by atoms with Crippen LogP contribution in [0.3, 0.4) is 0 Å². The number of hydrogen-bond donors (Lipinski definition) is 1. The summed E-state index contributed by atoms with van der Waals surface area (Å²) < 4.78 is 11.1. The van der Waals surface area contributed by atoms with E-state index in [0.717, 1.165) is 32.1 Å². The van der Waals surface area contributed by atoms with Crippen LogP contribution in [0.25, 0.3) is 0 Å². The number of carboxylic acid groups (broad SMARTS) is 1. The molecule has 1 rings (SSSR count). The number of ether oxygens (including phenoxy) is 2. The normalized spacial score (nSPS) is 19.9. The first-order chi connectivity index (χ1) is 16.3. The van der Waals surface area contributed by atoms with E-state index in [9.17, 15) is 14.4 Å². The molecule has 0 aromatic rings. The van der Waals surface area contributed by atoms with Gasteiger partial charge in [0.1, 0.15) is 12.2 Å².